The van der Waals surface area contributed by atoms with Crippen LogP contribution in [0.3, 0.4) is 0 Å². The van der Waals surface area contributed by atoms with Crippen LogP contribution in [0.2, 0.25) is 0 Å². The third-order valence-corrected chi connectivity index (χ3v) is 8.63. The topological polar surface area (TPSA) is 22.1 Å². The van der Waals surface area contributed by atoms with Crippen LogP contribution in [0.25, 0.3) is 28.5 Å². The molecule has 0 saturated heterocycles. The molecule has 1 aliphatic rings. The van der Waals surface area contributed by atoms with E-state index in [1.54, 1.807) is 6.07 Å². The van der Waals surface area contributed by atoms with Gasteiger partial charge < -0.3 is 4.74 Å². The van der Waals surface area contributed by atoms with E-state index in [2.05, 4.69) is 16.6 Å². The quantitative estimate of drug-likeness (QED) is 0.0908. The molecule has 4 aromatic rings. The van der Waals surface area contributed by atoms with Gasteiger partial charge in [-0.1, -0.05) is 50.8 Å². The molecule has 0 unspecified atom stereocenters. The van der Waals surface area contributed by atoms with Gasteiger partial charge in [0.2, 0.25) is 0 Å². The maximum Gasteiger partial charge on any atom is 0.419 e. The second kappa shape index (κ2) is 14.7. The average molecular weight is 660 g/mol. The zero-order valence-electron chi connectivity index (χ0n) is 25.6. The molecule has 0 spiro atoms. The number of ether oxygens (including phenoxy) is 1. The number of benzene rings is 3. The Kier molecular flexibility index (Phi) is 10.7. The van der Waals surface area contributed by atoms with Gasteiger partial charge in [-0.3, -0.25) is 4.98 Å². The lowest BCUT2D eigenvalue weighted by atomic mass is 9.77. The maximum absolute atomic E-state index is 15.2. The average Bonchev–Trinajstić information content (AvgIpc) is 3.03. The summed E-state index contributed by atoms with van der Waals surface area (Å²) in [5.74, 6) is -8.53. The molecule has 0 atom stereocenters. The number of hydrogen-bond donors (Lipinski definition) is 0. The van der Waals surface area contributed by atoms with Crippen LogP contribution in [0, 0.1) is 40.8 Å². The summed E-state index contributed by atoms with van der Waals surface area (Å²) in [5, 5.41) is 0. The van der Waals surface area contributed by atoms with E-state index < -0.39 is 52.3 Å². The Hall–Kier alpha value is -4.21. The molecular formula is C37H33F8NO. The van der Waals surface area contributed by atoms with Crippen molar-refractivity contribution in [3.63, 3.8) is 0 Å². The first-order valence-electron chi connectivity index (χ1n) is 15.6. The van der Waals surface area contributed by atoms with Crippen LogP contribution in [-0.2, 0) is 0 Å². The summed E-state index contributed by atoms with van der Waals surface area (Å²) in [4.78, 5) is 4.55. The number of alkyl halides is 2. The largest absolute Gasteiger partial charge is 0.429 e. The first kappa shape index (κ1) is 34.1. The zero-order valence-corrected chi connectivity index (χ0v) is 25.6. The maximum atomic E-state index is 15.2. The van der Waals surface area contributed by atoms with Crippen LogP contribution in [0.1, 0.15) is 75.3 Å². The number of nitrogens with zero attached hydrogens (tertiary/aromatic N) is 1. The highest BCUT2D eigenvalue weighted by molar-refractivity contribution is 5.71. The monoisotopic (exact) mass is 659 g/mol. The van der Waals surface area contributed by atoms with Crippen molar-refractivity contribution in [3.8, 4) is 28.1 Å². The SMILES string of the molecule is CCCCCC1CCC(c2ccc(-c3ccc(-c4cc(F)c(C=CC(F)(F)Oc5cc(F)c(F)c(F)c5)c(F)c4)c(F)c3)nc2)CC1. The molecule has 5 rings (SSSR count). The molecule has 0 radical (unpaired) electrons. The van der Waals surface area contributed by atoms with E-state index in [4.69, 9.17) is 0 Å². The summed E-state index contributed by atoms with van der Waals surface area (Å²) < 4.78 is 117. The molecule has 248 valence electrons. The fourth-order valence-electron chi connectivity index (χ4n) is 6.06. The Morgan fingerprint density at radius 2 is 1.43 bits per heavy atom. The van der Waals surface area contributed by atoms with Gasteiger partial charge in [0, 0.05) is 41.1 Å². The fourth-order valence-corrected chi connectivity index (χ4v) is 6.06. The zero-order chi connectivity index (χ0) is 33.7. The van der Waals surface area contributed by atoms with Crippen molar-refractivity contribution in [1.82, 2.24) is 4.98 Å². The van der Waals surface area contributed by atoms with Crippen LogP contribution >= 0.6 is 0 Å². The predicted octanol–water partition coefficient (Wildman–Crippen LogP) is 11.8. The van der Waals surface area contributed by atoms with E-state index in [1.165, 1.54) is 50.7 Å². The van der Waals surface area contributed by atoms with Gasteiger partial charge in [0.05, 0.1) is 5.69 Å². The van der Waals surface area contributed by atoms with Crippen LogP contribution in [-0.4, -0.2) is 11.1 Å². The van der Waals surface area contributed by atoms with E-state index in [1.807, 2.05) is 18.3 Å². The molecule has 1 fully saturated rings. The summed E-state index contributed by atoms with van der Waals surface area (Å²) in [5.41, 5.74) is 0.986. The minimum absolute atomic E-state index is 0.0411. The first-order chi connectivity index (χ1) is 22.4. The molecule has 1 aliphatic carbocycles. The van der Waals surface area contributed by atoms with Gasteiger partial charge in [0.1, 0.15) is 23.2 Å². The van der Waals surface area contributed by atoms with E-state index >= 15 is 4.39 Å². The highest BCUT2D eigenvalue weighted by Gasteiger charge is 2.29. The van der Waals surface area contributed by atoms with E-state index in [-0.39, 0.29) is 29.3 Å². The number of pyridine rings is 1. The van der Waals surface area contributed by atoms with Crippen molar-refractivity contribution in [2.75, 3.05) is 0 Å². The second-order valence-corrected chi connectivity index (χ2v) is 11.9. The van der Waals surface area contributed by atoms with Gasteiger partial charge in [-0.2, -0.15) is 8.78 Å². The van der Waals surface area contributed by atoms with Crippen molar-refractivity contribution in [1.29, 1.82) is 0 Å². The molecule has 1 saturated carbocycles. The van der Waals surface area contributed by atoms with Crippen molar-refractivity contribution in [3.05, 3.63) is 113 Å². The van der Waals surface area contributed by atoms with Crippen molar-refractivity contribution < 1.29 is 39.9 Å². The molecule has 10 heteroatoms. The van der Waals surface area contributed by atoms with Gasteiger partial charge in [-0.05, 0) is 79.0 Å². The Labute approximate surface area is 268 Å². The van der Waals surface area contributed by atoms with Crippen LogP contribution in [0.5, 0.6) is 5.75 Å². The van der Waals surface area contributed by atoms with Crippen LogP contribution in [0.15, 0.2) is 66.9 Å². The van der Waals surface area contributed by atoms with Gasteiger partial charge in [-0.15, -0.1) is 0 Å². The molecule has 0 N–H and O–H groups in total. The molecule has 0 amide bonds. The fraction of sp³-hybridized carbons (Fsp3) is 0.324. The Morgan fingerprint density at radius 1 is 0.766 bits per heavy atom. The molecule has 1 heterocycles. The van der Waals surface area contributed by atoms with Crippen LogP contribution < -0.4 is 4.74 Å². The summed E-state index contributed by atoms with van der Waals surface area (Å²) in [6, 6.07) is 9.95. The number of halogens is 8. The number of unbranched alkanes of at least 4 members (excludes halogenated alkanes) is 2. The minimum Gasteiger partial charge on any atom is -0.429 e. The molecule has 1 aromatic heterocycles. The van der Waals surface area contributed by atoms with Gasteiger partial charge in [-0.25, -0.2) is 26.3 Å². The summed E-state index contributed by atoms with van der Waals surface area (Å²) in [7, 11) is 0. The highest BCUT2D eigenvalue weighted by Crippen LogP contribution is 2.38. The van der Waals surface area contributed by atoms with E-state index in [0.717, 1.165) is 36.5 Å². The normalized spacial score (nSPS) is 17.0. The number of hydrogen-bond acceptors (Lipinski definition) is 2. The molecule has 47 heavy (non-hydrogen) atoms. The lowest BCUT2D eigenvalue weighted by molar-refractivity contribution is -0.131. The number of rotatable bonds is 11. The Balaban J connectivity index is 1.26. The van der Waals surface area contributed by atoms with E-state index in [0.29, 0.717) is 23.3 Å². The highest BCUT2D eigenvalue weighted by atomic mass is 19.3. The molecule has 2 nitrogen and oxygen atoms in total. The second-order valence-electron chi connectivity index (χ2n) is 11.9. The molecule has 0 bridgehead atoms. The van der Waals surface area contributed by atoms with Crippen LogP contribution in [0.4, 0.5) is 35.1 Å². The van der Waals surface area contributed by atoms with Crippen molar-refractivity contribution in [2.24, 2.45) is 5.92 Å². The summed E-state index contributed by atoms with van der Waals surface area (Å²) >= 11 is 0. The minimum atomic E-state index is -4.28. The van der Waals surface area contributed by atoms with Gasteiger partial charge in [0.25, 0.3) is 0 Å². The number of aromatic nitrogens is 1. The standard InChI is InChI=1S/C37H33F8NO/c1-2-3-4-5-22-6-8-23(9-7-22)25-11-13-35(46-21-25)24-10-12-28(30(38)16-24)26-17-31(39)29(32(40)18-26)14-15-37(44,45)47-27-19-33(41)36(43)34(42)20-27/h10-23H,2-9H2,1H3. The van der Waals surface area contributed by atoms with Crippen molar-refractivity contribution in [2.45, 2.75) is 70.3 Å². The van der Waals surface area contributed by atoms with Gasteiger partial charge >= 0.3 is 6.11 Å². The molecule has 3 aromatic carbocycles. The Bertz CT molecular complexity index is 1680. The summed E-state index contributed by atoms with van der Waals surface area (Å²) in [6.07, 6.45) is 7.64. The molecule has 0 aliphatic heterocycles. The van der Waals surface area contributed by atoms with Gasteiger partial charge in [0.15, 0.2) is 17.5 Å². The van der Waals surface area contributed by atoms with E-state index in [9.17, 15) is 30.7 Å². The van der Waals surface area contributed by atoms with Crippen molar-refractivity contribution >= 4 is 6.08 Å². The molecular weight excluding hydrogens is 626 g/mol. The summed E-state index contributed by atoms with van der Waals surface area (Å²) in [6.45, 7) is 2.21. The third kappa shape index (κ3) is 8.39. The predicted molar refractivity (Wildman–Crippen MR) is 165 cm³/mol. The smallest absolute Gasteiger partial charge is 0.419 e. The third-order valence-electron chi connectivity index (χ3n) is 8.63. The lowest BCUT2D eigenvalue weighted by Gasteiger charge is -2.28. The first-order valence-corrected chi connectivity index (χ1v) is 15.6. The lowest BCUT2D eigenvalue weighted by Crippen LogP contribution is -2.21. The Morgan fingerprint density at radius 3 is 2.02 bits per heavy atom.